The van der Waals surface area contributed by atoms with Gasteiger partial charge < -0.3 is 13.9 Å². The lowest BCUT2D eigenvalue weighted by Crippen LogP contribution is -2.07. The second-order valence-corrected chi connectivity index (χ2v) is 5.22. The molecule has 5 nitrogen and oxygen atoms in total. The molecule has 0 atom stereocenters. The molecule has 2 aromatic carbocycles. The Bertz CT molecular complexity index is 840. The summed E-state index contributed by atoms with van der Waals surface area (Å²) in [6, 6.07) is 16.8. The van der Waals surface area contributed by atoms with Gasteiger partial charge in [0.05, 0.1) is 7.11 Å². The largest absolute Gasteiger partial charge is 0.497 e. The van der Waals surface area contributed by atoms with Crippen LogP contribution in [-0.2, 0) is 11.3 Å². The van der Waals surface area contributed by atoms with Crippen molar-refractivity contribution in [3.8, 4) is 17.2 Å². The standard InChI is InChI=1S/C19H17NO4/c1-13-17(20-18(24-13)15-8-4-3-5-9-15)19(21)23-12-14-7-6-10-16(11-14)22-2/h3-11H,12H2,1-2H3. The van der Waals surface area contributed by atoms with Gasteiger partial charge in [-0.25, -0.2) is 9.78 Å². The van der Waals surface area contributed by atoms with Gasteiger partial charge in [-0.1, -0.05) is 30.3 Å². The molecule has 0 radical (unpaired) electrons. The summed E-state index contributed by atoms with van der Waals surface area (Å²) in [5.41, 5.74) is 1.84. The van der Waals surface area contributed by atoms with Gasteiger partial charge in [-0.15, -0.1) is 0 Å². The molecule has 5 heteroatoms. The van der Waals surface area contributed by atoms with Gasteiger partial charge in [-0.2, -0.15) is 0 Å². The molecule has 0 unspecified atom stereocenters. The normalized spacial score (nSPS) is 10.4. The molecule has 0 aliphatic heterocycles. The zero-order valence-corrected chi connectivity index (χ0v) is 13.5. The summed E-state index contributed by atoms with van der Waals surface area (Å²) in [6.07, 6.45) is 0. The van der Waals surface area contributed by atoms with Gasteiger partial charge in [0, 0.05) is 5.56 Å². The summed E-state index contributed by atoms with van der Waals surface area (Å²) >= 11 is 0. The fourth-order valence-corrected chi connectivity index (χ4v) is 2.27. The van der Waals surface area contributed by atoms with Crippen molar-refractivity contribution in [1.29, 1.82) is 0 Å². The molecule has 0 saturated heterocycles. The van der Waals surface area contributed by atoms with E-state index in [-0.39, 0.29) is 12.3 Å². The van der Waals surface area contributed by atoms with Crippen molar-refractivity contribution in [2.75, 3.05) is 7.11 Å². The molecule has 0 aliphatic carbocycles. The second-order valence-electron chi connectivity index (χ2n) is 5.22. The van der Waals surface area contributed by atoms with Gasteiger partial charge in [-0.05, 0) is 36.8 Å². The lowest BCUT2D eigenvalue weighted by Gasteiger charge is -2.05. The number of esters is 1. The molecule has 0 N–H and O–H groups in total. The van der Waals surface area contributed by atoms with E-state index in [1.807, 2.05) is 54.6 Å². The number of hydrogen-bond acceptors (Lipinski definition) is 5. The van der Waals surface area contributed by atoms with Crippen molar-refractivity contribution in [1.82, 2.24) is 4.98 Å². The molecule has 0 saturated carbocycles. The Morgan fingerprint density at radius 2 is 1.92 bits per heavy atom. The van der Waals surface area contributed by atoms with Crippen molar-refractivity contribution in [3.05, 3.63) is 71.6 Å². The van der Waals surface area contributed by atoms with E-state index in [4.69, 9.17) is 13.9 Å². The van der Waals surface area contributed by atoms with Crippen molar-refractivity contribution < 1.29 is 18.7 Å². The summed E-state index contributed by atoms with van der Waals surface area (Å²) in [5, 5.41) is 0. The number of methoxy groups -OCH3 is 1. The fraction of sp³-hybridized carbons (Fsp3) is 0.158. The predicted molar refractivity (Wildman–Crippen MR) is 88.8 cm³/mol. The third-order valence-corrected chi connectivity index (χ3v) is 3.51. The topological polar surface area (TPSA) is 61.6 Å². The zero-order chi connectivity index (χ0) is 16.9. The molecule has 0 bridgehead atoms. The van der Waals surface area contributed by atoms with Crippen LogP contribution in [0.1, 0.15) is 21.8 Å². The molecule has 1 heterocycles. The summed E-state index contributed by atoms with van der Waals surface area (Å²) in [6.45, 7) is 1.84. The Balaban J connectivity index is 1.72. The van der Waals surface area contributed by atoms with Crippen molar-refractivity contribution in [2.24, 2.45) is 0 Å². The molecule has 0 amide bonds. The van der Waals surface area contributed by atoms with E-state index in [1.54, 1.807) is 14.0 Å². The van der Waals surface area contributed by atoms with Crippen LogP contribution in [0.15, 0.2) is 59.0 Å². The van der Waals surface area contributed by atoms with Crippen LogP contribution in [0.5, 0.6) is 5.75 Å². The summed E-state index contributed by atoms with van der Waals surface area (Å²) < 4.78 is 16.1. The highest BCUT2D eigenvalue weighted by Crippen LogP contribution is 2.22. The molecular weight excluding hydrogens is 306 g/mol. The zero-order valence-electron chi connectivity index (χ0n) is 13.5. The number of carbonyl (C=O) groups excluding carboxylic acids is 1. The first-order valence-corrected chi connectivity index (χ1v) is 7.50. The minimum atomic E-state index is -0.513. The summed E-state index contributed by atoms with van der Waals surface area (Å²) in [5.74, 6) is 1.04. The van der Waals surface area contributed by atoms with E-state index < -0.39 is 5.97 Å². The minimum Gasteiger partial charge on any atom is -0.497 e. The molecule has 122 valence electrons. The molecule has 24 heavy (non-hydrogen) atoms. The van der Waals surface area contributed by atoms with Crippen molar-refractivity contribution >= 4 is 5.97 Å². The van der Waals surface area contributed by atoms with E-state index in [2.05, 4.69) is 4.98 Å². The lowest BCUT2D eigenvalue weighted by molar-refractivity contribution is 0.0464. The molecule has 3 rings (SSSR count). The minimum absolute atomic E-state index is 0.142. The van der Waals surface area contributed by atoms with E-state index in [0.717, 1.165) is 11.1 Å². The predicted octanol–water partition coefficient (Wildman–Crippen LogP) is 4.02. The van der Waals surface area contributed by atoms with Crippen LogP contribution in [-0.4, -0.2) is 18.1 Å². The monoisotopic (exact) mass is 323 g/mol. The van der Waals surface area contributed by atoms with Gasteiger partial charge in [0.1, 0.15) is 18.1 Å². The van der Waals surface area contributed by atoms with E-state index >= 15 is 0 Å². The van der Waals surface area contributed by atoms with E-state index in [0.29, 0.717) is 17.4 Å². The molecule has 1 aromatic heterocycles. The van der Waals surface area contributed by atoms with Crippen LogP contribution in [0, 0.1) is 6.92 Å². The maximum Gasteiger partial charge on any atom is 0.360 e. The molecular formula is C19H17NO4. The van der Waals surface area contributed by atoms with Crippen LogP contribution >= 0.6 is 0 Å². The summed E-state index contributed by atoms with van der Waals surface area (Å²) in [7, 11) is 1.59. The van der Waals surface area contributed by atoms with Crippen LogP contribution in [0.25, 0.3) is 11.5 Å². The van der Waals surface area contributed by atoms with Gasteiger partial charge in [0.2, 0.25) is 5.89 Å². The molecule has 0 spiro atoms. The first-order valence-electron chi connectivity index (χ1n) is 7.50. The average Bonchev–Trinajstić information content (AvgIpc) is 3.02. The number of ether oxygens (including phenoxy) is 2. The average molecular weight is 323 g/mol. The third-order valence-electron chi connectivity index (χ3n) is 3.51. The maximum atomic E-state index is 12.3. The van der Waals surface area contributed by atoms with Crippen molar-refractivity contribution in [2.45, 2.75) is 13.5 Å². The Kier molecular flexibility index (Phi) is 4.61. The number of nitrogens with zero attached hydrogens (tertiary/aromatic N) is 1. The number of aromatic nitrogens is 1. The molecule has 0 fully saturated rings. The lowest BCUT2D eigenvalue weighted by atomic mass is 10.2. The first-order chi connectivity index (χ1) is 11.7. The maximum absolute atomic E-state index is 12.3. The van der Waals surface area contributed by atoms with E-state index in [9.17, 15) is 4.79 Å². The number of benzene rings is 2. The van der Waals surface area contributed by atoms with Crippen LogP contribution in [0.4, 0.5) is 0 Å². The Labute approximate surface area is 139 Å². The Morgan fingerprint density at radius 3 is 2.67 bits per heavy atom. The number of hydrogen-bond donors (Lipinski definition) is 0. The first kappa shape index (κ1) is 15.8. The number of carbonyl (C=O) groups is 1. The smallest absolute Gasteiger partial charge is 0.360 e. The fourth-order valence-electron chi connectivity index (χ4n) is 2.27. The van der Waals surface area contributed by atoms with Crippen LogP contribution in [0.3, 0.4) is 0 Å². The van der Waals surface area contributed by atoms with Gasteiger partial charge in [0.25, 0.3) is 0 Å². The number of rotatable bonds is 5. The van der Waals surface area contributed by atoms with Crippen molar-refractivity contribution in [3.63, 3.8) is 0 Å². The van der Waals surface area contributed by atoms with E-state index in [1.165, 1.54) is 0 Å². The Hall–Kier alpha value is -3.08. The van der Waals surface area contributed by atoms with Gasteiger partial charge >= 0.3 is 5.97 Å². The van der Waals surface area contributed by atoms with Gasteiger partial charge in [0.15, 0.2) is 5.69 Å². The number of oxazole rings is 1. The molecule has 0 aliphatic rings. The SMILES string of the molecule is COc1cccc(COC(=O)c2nc(-c3ccccc3)oc2C)c1. The molecule has 3 aromatic rings. The Morgan fingerprint density at radius 1 is 1.12 bits per heavy atom. The number of aryl methyl sites for hydroxylation is 1. The van der Waals surface area contributed by atoms with Crippen LogP contribution in [0.2, 0.25) is 0 Å². The second kappa shape index (κ2) is 7.00. The highest BCUT2D eigenvalue weighted by atomic mass is 16.5. The summed E-state index contributed by atoms with van der Waals surface area (Å²) in [4.78, 5) is 16.5. The van der Waals surface area contributed by atoms with Gasteiger partial charge in [-0.3, -0.25) is 0 Å². The third kappa shape index (κ3) is 3.46. The highest BCUT2D eigenvalue weighted by Gasteiger charge is 2.19. The quantitative estimate of drug-likeness (QED) is 0.664. The van der Waals surface area contributed by atoms with Crippen LogP contribution < -0.4 is 4.74 Å². The highest BCUT2D eigenvalue weighted by molar-refractivity contribution is 5.88.